The maximum absolute atomic E-state index is 14.1. The van der Waals surface area contributed by atoms with E-state index in [1.807, 2.05) is 58.9 Å². The first-order chi connectivity index (χ1) is 18.5. The Hall–Kier alpha value is -4.50. The predicted molar refractivity (Wildman–Crippen MR) is 146 cm³/mol. The van der Waals surface area contributed by atoms with Crippen molar-refractivity contribution in [3.05, 3.63) is 111 Å². The van der Waals surface area contributed by atoms with Crippen molar-refractivity contribution in [1.29, 1.82) is 0 Å². The number of benzene rings is 3. The zero-order chi connectivity index (χ0) is 26.2. The van der Waals surface area contributed by atoms with E-state index < -0.39 is 11.0 Å². The van der Waals surface area contributed by atoms with Crippen LogP contribution in [0.3, 0.4) is 0 Å². The fourth-order valence-corrected chi connectivity index (χ4v) is 5.46. The van der Waals surface area contributed by atoms with Crippen LogP contribution in [0, 0.1) is 10.1 Å². The second-order valence-electron chi connectivity index (χ2n) is 9.76. The number of piperazine rings is 1. The molecule has 1 fully saturated rings. The Morgan fingerprint density at radius 2 is 1.66 bits per heavy atom. The zero-order valence-corrected chi connectivity index (χ0v) is 21.1. The quantitative estimate of drug-likeness (QED) is 0.313. The minimum atomic E-state index is -0.464. The third-order valence-electron chi connectivity index (χ3n) is 7.39. The average Bonchev–Trinajstić information content (AvgIpc) is 3.31. The molecule has 9 heteroatoms. The molecular formula is C29H28N6O3. The Morgan fingerprint density at radius 3 is 2.37 bits per heavy atom. The molecule has 0 spiro atoms. The number of anilines is 1. The Labute approximate surface area is 220 Å². The van der Waals surface area contributed by atoms with Gasteiger partial charge in [0.2, 0.25) is 5.95 Å². The molecule has 4 aromatic rings. The molecule has 1 saturated heterocycles. The molecule has 3 heterocycles. The van der Waals surface area contributed by atoms with Crippen LogP contribution >= 0.6 is 0 Å². The molecule has 1 aromatic heterocycles. The summed E-state index contributed by atoms with van der Waals surface area (Å²) < 4.78 is 2.03. The first-order valence-corrected chi connectivity index (χ1v) is 12.7. The standard InChI is InChI=1S/C29H28N6O3/c1-20-26(28(36)33-17-15-32(16-18-33)19-21-7-3-2-4-8-21)27(22-11-13-23(14-12-22)35(37)38)34-25-10-6-5-9-24(25)31-29(34)30-20/h2-14,27H,15-19H2,1H3,(H,30,31)/t27-/m1/s1. The van der Waals surface area contributed by atoms with Crippen molar-refractivity contribution in [2.24, 2.45) is 0 Å². The number of nitro benzene ring substituents is 1. The van der Waals surface area contributed by atoms with E-state index in [1.165, 1.54) is 17.7 Å². The van der Waals surface area contributed by atoms with E-state index >= 15 is 0 Å². The number of fused-ring (bicyclic) bond motifs is 3. The molecule has 38 heavy (non-hydrogen) atoms. The molecular weight excluding hydrogens is 480 g/mol. The van der Waals surface area contributed by atoms with Crippen LogP contribution in [-0.4, -0.2) is 56.4 Å². The lowest BCUT2D eigenvalue weighted by atomic mass is 9.93. The molecule has 2 aliphatic heterocycles. The summed E-state index contributed by atoms with van der Waals surface area (Å²) in [7, 11) is 0. The van der Waals surface area contributed by atoms with Crippen LogP contribution in [0.15, 0.2) is 90.1 Å². The lowest BCUT2D eigenvalue weighted by Gasteiger charge is -2.38. The highest BCUT2D eigenvalue weighted by molar-refractivity contribution is 5.98. The van der Waals surface area contributed by atoms with E-state index in [0.29, 0.717) is 24.6 Å². The number of nitrogens with zero attached hydrogens (tertiary/aromatic N) is 5. The van der Waals surface area contributed by atoms with Crippen LogP contribution in [0.25, 0.3) is 11.0 Å². The molecule has 1 atom stereocenters. The van der Waals surface area contributed by atoms with Gasteiger partial charge in [-0.05, 0) is 42.3 Å². The van der Waals surface area contributed by atoms with Crippen molar-refractivity contribution in [1.82, 2.24) is 19.4 Å². The van der Waals surface area contributed by atoms with E-state index in [9.17, 15) is 14.9 Å². The van der Waals surface area contributed by atoms with Crippen molar-refractivity contribution in [2.75, 3.05) is 31.5 Å². The summed E-state index contributed by atoms with van der Waals surface area (Å²) in [5.74, 6) is 0.623. The van der Waals surface area contributed by atoms with Crippen LogP contribution < -0.4 is 5.32 Å². The molecule has 0 saturated carbocycles. The Kier molecular flexibility index (Phi) is 6.13. The molecule has 192 valence electrons. The minimum Gasteiger partial charge on any atom is -0.336 e. The molecule has 1 amide bonds. The Bertz CT molecular complexity index is 1540. The summed E-state index contributed by atoms with van der Waals surface area (Å²) in [6.45, 7) is 5.62. The summed E-state index contributed by atoms with van der Waals surface area (Å²) in [5.41, 5.74) is 5.16. The maximum atomic E-state index is 14.1. The Balaban J connectivity index is 1.33. The molecule has 6 rings (SSSR count). The molecule has 0 radical (unpaired) electrons. The van der Waals surface area contributed by atoms with E-state index in [2.05, 4.69) is 22.3 Å². The fourth-order valence-electron chi connectivity index (χ4n) is 5.46. The molecule has 2 aliphatic rings. The van der Waals surface area contributed by atoms with Gasteiger partial charge in [0.25, 0.3) is 11.6 Å². The number of para-hydroxylation sites is 2. The number of hydrogen-bond donors (Lipinski definition) is 1. The fraction of sp³-hybridized carbons (Fsp3) is 0.241. The predicted octanol–water partition coefficient (Wildman–Crippen LogP) is 4.58. The third kappa shape index (κ3) is 4.31. The molecule has 3 aromatic carbocycles. The van der Waals surface area contributed by atoms with Crippen LogP contribution in [0.4, 0.5) is 11.6 Å². The maximum Gasteiger partial charge on any atom is 0.269 e. The number of allylic oxidation sites excluding steroid dienone is 1. The van der Waals surface area contributed by atoms with Gasteiger partial charge in [0.05, 0.1) is 27.6 Å². The summed E-state index contributed by atoms with van der Waals surface area (Å²) >= 11 is 0. The van der Waals surface area contributed by atoms with Gasteiger partial charge >= 0.3 is 0 Å². The topological polar surface area (TPSA) is 96.5 Å². The van der Waals surface area contributed by atoms with E-state index in [4.69, 9.17) is 4.98 Å². The van der Waals surface area contributed by atoms with Gasteiger partial charge in [0.1, 0.15) is 0 Å². The number of imidazole rings is 1. The number of rotatable bonds is 5. The highest BCUT2D eigenvalue weighted by atomic mass is 16.6. The minimum absolute atomic E-state index is 0.0153. The van der Waals surface area contributed by atoms with E-state index in [-0.39, 0.29) is 11.6 Å². The lowest BCUT2D eigenvalue weighted by molar-refractivity contribution is -0.384. The largest absolute Gasteiger partial charge is 0.336 e. The summed E-state index contributed by atoms with van der Waals surface area (Å²) in [6, 6.07) is 24.2. The monoisotopic (exact) mass is 508 g/mol. The van der Waals surface area contributed by atoms with Gasteiger partial charge in [-0.2, -0.15) is 0 Å². The highest BCUT2D eigenvalue weighted by Crippen LogP contribution is 2.40. The number of carbonyl (C=O) groups is 1. The normalized spacial score (nSPS) is 17.8. The number of aromatic nitrogens is 2. The number of carbonyl (C=O) groups excluding carboxylic acids is 1. The first-order valence-electron chi connectivity index (χ1n) is 12.7. The SMILES string of the molecule is CC1=C(C(=O)N2CCN(Cc3ccccc3)CC2)[C@@H](c2ccc([N+](=O)[O-])cc2)n2c(nc3ccccc32)N1. The van der Waals surface area contributed by atoms with Crippen molar-refractivity contribution in [3.8, 4) is 0 Å². The molecule has 9 nitrogen and oxygen atoms in total. The lowest BCUT2D eigenvalue weighted by Crippen LogP contribution is -2.49. The van der Waals surface area contributed by atoms with Gasteiger partial charge in [-0.25, -0.2) is 4.98 Å². The van der Waals surface area contributed by atoms with Crippen molar-refractivity contribution in [3.63, 3.8) is 0 Å². The van der Waals surface area contributed by atoms with Gasteiger partial charge in [-0.15, -0.1) is 0 Å². The Morgan fingerprint density at radius 1 is 0.974 bits per heavy atom. The van der Waals surface area contributed by atoms with Crippen LogP contribution in [0.1, 0.15) is 24.1 Å². The summed E-state index contributed by atoms with van der Waals surface area (Å²) in [5, 5.41) is 14.7. The summed E-state index contributed by atoms with van der Waals surface area (Å²) in [6.07, 6.45) is 0. The van der Waals surface area contributed by atoms with Gasteiger partial charge in [-0.1, -0.05) is 42.5 Å². The summed E-state index contributed by atoms with van der Waals surface area (Å²) in [4.78, 5) is 34.1. The van der Waals surface area contributed by atoms with Gasteiger partial charge in [-0.3, -0.25) is 24.4 Å². The van der Waals surface area contributed by atoms with Crippen LogP contribution in [0.5, 0.6) is 0 Å². The third-order valence-corrected chi connectivity index (χ3v) is 7.39. The second kappa shape index (κ2) is 9.75. The van der Waals surface area contributed by atoms with Crippen LogP contribution in [0.2, 0.25) is 0 Å². The number of non-ortho nitro benzene ring substituents is 1. The van der Waals surface area contributed by atoms with Crippen molar-refractivity contribution in [2.45, 2.75) is 19.5 Å². The van der Waals surface area contributed by atoms with E-state index in [0.717, 1.165) is 41.9 Å². The van der Waals surface area contributed by atoms with Gasteiger partial charge in [0.15, 0.2) is 0 Å². The van der Waals surface area contributed by atoms with Crippen molar-refractivity contribution >= 4 is 28.6 Å². The molecule has 0 aliphatic carbocycles. The number of nitro groups is 1. The highest BCUT2D eigenvalue weighted by Gasteiger charge is 2.37. The van der Waals surface area contributed by atoms with E-state index in [1.54, 1.807) is 12.1 Å². The zero-order valence-electron chi connectivity index (χ0n) is 21.1. The number of nitrogens with one attached hydrogen (secondary N) is 1. The first kappa shape index (κ1) is 23.9. The second-order valence-corrected chi connectivity index (χ2v) is 9.76. The van der Waals surface area contributed by atoms with Crippen LogP contribution in [-0.2, 0) is 11.3 Å². The molecule has 1 N–H and O–H groups in total. The number of hydrogen-bond acceptors (Lipinski definition) is 6. The molecule has 0 bridgehead atoms. The smallest absolute Gasteiger partial charge is 0.269 e. The van der Waals surface area contributed by atoms with Crippen molar-refractivity contribution < 1.29 is 9.72 Å². The van der Waals surface area contributed by atoms with Gasteiger partial charge in [0, 0.05) is 50.6 Å². The number of amides is 1. The average molecular weight is 509 g/mol. The van der Waals surface area contributed by atoms with Gasteiger partial charge < -0.3 is 10.2 Å². The molecule has 0 unspecified atom stereocenters.